The molecule has 124 valence electrons. The lowest BCUT2D eigenvalue weighted by molar-refractivity contribution is 0.461. The molecule has 3 aromatic carbocycles. The molecule has 0 unspecified atom stereocenters. The van der Waals surface area contributed by atoms with Gasteiger partial charge in [-0.05, 0) is 32.0 Å². The molecule has 2 aromatic heterocycles. The zero-order chi connectivity index (χ0) is 17.5. The summed E-state index contributed by atoms with van der Waals surface area (Å²) in [6, 6.07) is 26.1. The Morgan fingerprint density at radius 1 is 0.808 bits per heavy atom. The topological polar surface area (TPSA) is 17.8 Å². The molecule has 0 saturated carbocycles. The van der Waals surface area contributed by atoms with Gasteiger partial charge in [0.25, 0.3) is 0 Å². The fraction of sp³-hybridized carbons (Fsp3) is 0.125. The van der Waals surface area contributed by atoms with Gasteiger partial charge >= 0.3 is 0 Å². The van der Waals surface area contributed by atoms with Gasteiger partial charge in [0.05, 0.1) is 22.3 Å². The zero-order valence-corrected chi connectivity index (χ0v) is 14.8. The minimum Gasteiger partial charge on any atom is -0.330 e. The van der Waals surface area contributed by atoms with Gasteiger partial charge in [0.1, 0.15) is 0 Å². The highest BCUT2D eigenvalue weighted by molar-refractivity contribution is 6.14. The summed E-state index contributed by atoms with van der Waals surface area (Å²) in [6.07, 6.45) is 0. The molecule has 1 aliphatic heterocycles. The smallest absolute Gasteiger partial charge is 0.0786 e. The third-order valence-corrected chi connectivity index (χ3v) is 5.89. The average molecular weight is 334 g/mol. The predicted octanol–water partition coefficient (Wildman–Crippen LogP) is 6.11. The fourth-order valence-electron chi connectivity index (χ4n) is 4.70. The Kier molecular flexibility index (Phi) is 2.45. The summed E-state index contributed by atoms with van der Waals surface area (Å²) in [6.45, 7) is 4.62. The van der Waals surface area contributed by atoms with Crippen molar-refractivity contribution in [3.8, 4) is 11.3 Å². The minimum atomic E-state index is -0.165. The lowest BCUT2D eigenvalue weighted by Crippen LogP contribution is -2.31. The van der Waals surface area contributed by atoms with Crippen LogP contribution < -0.4 is 0 Å². The van der Waals surface area contributed by atoms with Crippen LogP contribution in [0.2, 0.25) is 0 Å². The number of aromatic nitrogens is 2. The van der Waals surface area contributed by atoms with Crippen molar-refractivity contribution in [2.45, 2.75) is 19.4 Å². The lowest BCUT2D eigenvalue weighted by Gasteiger charge is -2.35. The number of pyridine rings is 1. The first-order valence-corrected chi connectivity index (χ1v) is 9.09. The zero-order valence-electron chi connectivity index (χ0n) is 14.8. The molecule has 0 N–H and O–H groups in total. The van der Waals surface area contributed by atoms with E-state index in [-0.39, 0.29) is 5.54 Å². The van der Waals surface area contributed by atoms with Crippen molar-refractivity contribution in [3.05, 3.63) is 78.4 Å². The SMILES string of the molecule is CC1(C)c2cc3ccccc3nc2-c2cccc3c4ccccc4n1c23. The highest BCUT2D eigenvalue weighted by atomic mass is 15.1. The molecule has 0 aliphatic carbocycles. The summed E-state index contributed by atoms with van der Waals surface area (Å²) < 4.78 is 2.51. The molecule has 0 radical (unpaired) electrons. The van der Waals surface area contributed by atoms with Crippen LogP contribution >= 0.6 is 0 Å². The standard InChI is InChI=1S/C24H18N2/c1-24(2)19-14-15-8-3-5-12-20(15)25-22(19)18-11-7-10-17-16-9-4-6-13-21(16)26(24)23(17)18/h3-14H,1-2H3. The van der Waals surface area contributed by atoms with Gasteiger partial charge in [-0.2, -0.15) is 0 Å². The van der Waals surface area contributed by atoms with Gasteiger partial charge in [0.2, 0.25) is 0 Å². The van der Waals surface area contributed by atoms with Crippen molar-refractivity contribution in [2.24, 2.45) is 0 Å². The molecule has 0 amide bonds. The van der Waals surface area contributed by atoms with E-state index in [1.807, 2.05) is 0 Å². The van der Waals surface area contributed by atoms with Crippen molar-refractivity contribution >= 4 is 32.7 Å². The first-order valence-electron chi connectivity index (χ1n) is 9.09. The molecule has 26 heavy (non-hydrogen) atoms. The summed E-state index contributed by atoms with van der Waals surface area (Å²) in [4.78, 5) is 5.09. The van der Waals surface area contributed by atoms with Gasteiger partial charge in [0, 0.05) is 32.8 Å². The van der Waals surface area contributed by atoms with Crippen LogP contribution in [0.4, 0.5) is 0 Å². The normalized spacial score (nSPS) is 14.8. The third-order valence-electron chi connectivity index (χ3n) is 5.89. The molecule has 3 heterocycles. The second-order valence-electron chi connectivity index (χ2n) is 7.69. The van der Waals surface area contributed by atoms with Crippen molar-refractivity contribution in [2.75, 3.05) is 0 Å². The molecule has 0 fully saturated rings. The highest BCUT2D eigenvalue weighted by Gasteiger charge is 2.35. The molecular weight excluding hydrogens is 316 g/mol. The van der Waals surface area contributed by atoms with Gasteiger partial charge < -0.3 is 4.57 Å². The quantitative estimate of drug-likeness (QED) is 0.334. The molecule has 1 aliphatic rings. The maximum atomic E-state index is 5.09. The van der Waals surface area contributed by atoms with E-state index in [4.69, 9.17) is 4.98 Å². The maximum absolute atomic E-state index is 5.09. The molecule has 5 aromatic rings. The Labute approximate surface area is 151 Å². The van der Waals surface area contributed by atoms with Gasteiger partial charge in [-0.15, -0.1) is 0 Å². The fourth-order valence-corrected chi connectivity index (χ4v) is 4.70. The summed E-state index contributed by atoms with van der Waals surface area (Å²) in [7, 11) is 0. The van der Waals surface area contributed by atoms with Crippen LogP contribution in [0, 0.1) is 0 Å². The summed E-state index contributed by atoms with van der Waals surface area (Å²) in [5.41, 5.74) is 7.13. The van der Waals surface area contributed by atoms with Crippen molar-refractivity contribution in [1.29, 1.82) is 0 Å². The van der Waals surface area contributed by atoms with E-state index in [2.05, 4.69) is 91.2 Å². The van der Waals surface area contributed by atoms with E-state index >= 15 is 0 Å². The van der Waals surface area contributed by atoms with Crippen LogP contribution in [0.15, 0.2) is 72.8 Å². The van der Waals surface area contributed by atoms with E-state index < -0.39 is 0 Å². The molecule has 2 nitrogen and oxygen atoms in total. The van der Waals surface area contributed by atoms with Crippen LogP contribution in [0.1, 0.15) is 19.4 Å². The maximum Gasteiger partial charge on any atom is 0.0786 e. The first kappa shape index (κ1) is 14.1. The van der Waals surface area contributed by atoms with E-state index in [9.17, 15) is 0 Å². The van der Waals surface area contributed by atoms with Crippen LogP contribution in [-0.2, 0) is 5.54 Å². The molecule has 0 spiro atoms. The monoisotopic (exact) mass is 334 g/mol. The third kappa shape index (κ3) is 1.55. The lowest BCUT2D eigenvalue weighted by atomic mass is 9.85. The largest absolute Gasteiger partial charge is 0.330 e. The van der Waals surface area contributed by atoms with Gasteiger partial charge in [0.15, 0.2) is 0 Å². The number of hydrogen-bond acceptors (Lipinski definition) is 1. The van der Waals surface area contributed by atoms with E-state index in [1.54, 1.807) is 0 Å². The van der Waals surface area contributed by atoms with Crippen molar-refractivity contribution < 1.29 is 0 Å². The Morgan fingerprint density at radius 3 is 2.50 bits per heavy atom. The Balaban J connectivity index is 1.89. The second kappa shape index (κ2) is 4.53. The number of hydrogen-bond donors (Lipinski definition) is 0. The Hall–Kier alpha value is -3.13. The number of fused-ring (bicyclic) bond motifs is 6. The number of benzene rings is 3. The average Bonchev–Trinajstić information content (AvgIpc) is 3.02. The summed E-state index contributed by atoms with van der Waals surface area (Å²) >= 11 is 0. The van der Waals surface area contributed by atoms with Crippen LogP contribution in [-0.4, -0.2) is 9.55 Å². The van der Waals surface area contributed by atoms with Gasteiger partial charge in [-0.3, -0.25) is 0 Å². The minimum absolute atomic E-state index is 0.165. The number of rotatable bonds is 0. The predicted molar refractivity (Wildman–Crippen MR) is 109 cm³/mol. The number of nitrogens with zero attached hydrogens (tertiary/aromatic N) is 2. The van der Waals surface area contributed by atoms with Crippen molar-refractivity contribution in [1.82, 2.24) is 9.55 Å². The van der Waals surface area contributed by atoms with Crippen LogP contribution in [0.25, 0.3) is 44.0 Å². The van der Waals surface area contributed by atoms with Crippen LogP contribution in [0.3, 0.4) is 0 Å². The van der Waals surface area contributed by atoms with Crippen molar-refractivity contribution in [3.63, 3.8) is 0 Å². The molecule has 0 atom stereocenters. The Morgan fingerprint density at radius 2 is 1.58 bits per heavy atom. The molecule has 0 bridgehead atoms. The molecular formula is C24H18N2. The Bertz CT molecular complexity index is 1360. The van der Waals surface area contributed by atoms with Crippen LogP contribution in [0.5, 0.6) is 0 Å². The van der Waals surface area contributed by atoms with E-state index in [0.29, 0.717) is 0 Å². The number of para-hydroxylation sites is 3. The molecule has 0 saturated heterocycles. The molecule has 2 heteroatoms. The van der Waals surface area contributed by atoms with E-state index in [1.165, 1.54) is 38.3 Å². The summed E-state index contributed by atoms with van der Waals surface area (Å²) in [5.74, 6) is 0. The first-order chi connectivity index (χ1) is 12.7. The summed E-state index contributed by atoms with van der Waals surface area (Å²) in [5, 5.41) is 3.83. The highest BCUT2D eigenvalue weighted by Crippen LogP contribution is 2.48. The van der Waals surface area contributed by atoms with E-state index in [0.717, 1.165) is 11.2 Å². The second-order valence-corrected chi connectivity index (χ2v) is 7.69. The molecule has 6 rings (SSSR count). The van der Waals surface area contributed by atoms with Gasteiger partial charge in [-0.1, -0.05) is 54.6 Å². The van der Waals surface area contributed by atoms with Gasteiger partial charge in [-0.25, -0.2) is 4.98 Å².